The smallest absolute Gasteiger partial charge is 0.219 e. The van der Waals surface area contributed by atoms with E-state index in [1.54, 1.807) is 6.92 Å². The van der Waals surface area contributed by atoms with Crippen LogP contribution in [0.3, 0.4) is 0 Å². The van der Waals surface area contributed by atoms with Gasteiger partial charge in [0, 0.05) is 58.8 Å². The molecule has 2 aliphatic rings. The summed E-state index contributed by atoms with van der Waals surface area (Å²) in [6.45, 7) is 11.7. The van der Waals surface area contributed by atoms with Crippen LogP contribution in [0.25, 0.3) is 0 Å². The van der Waals surface area contributed by atoms with Crippen molar-refractivity contribution in [1.82, 2.24) is 14.7 Å². The molecule has 5 heteroatoms. The second kappa shape index (κ2) is 7.99. The molecule has 0 aliphatic carbocycles. The minimum Gasteiger partial charge on any atom is -0.492 e. The van der Waals surface area contributed by atoms with Gasteiger partial charge in [0.05, 0.1) is 0 Å². The topological polar surface area (TPSA) is 36.0 Å². The van der Waals surface area contributed by atoms with Gasteiger partial charge in [-0.25, -0.2) is 0 Å². The number of likely N-dealkylation sites (tertiary alicyclic amines) is 1. The predicted molar refractivity (Wildman–Crippen MR) is 95.2 cm³/mol. The number of hydrogen-bond acceptors (Lipinski definition) is 4. The first-order valence-corrected chi connectivity index (χ1v) is 9.03. The van der Waals surface area contributed by atoms with Crippen LogP contribution in [0, 0.1) is 5.92 Å². The summed E-state index contributed by atoms with van der Waals surface area (Å²) in [4.78, 5) is 18.5. The fourth-order valence-electron chi connectivity index (χ4n) is 3.88. The van der Waals surface area contributed by atoms with Crippen LogP contribution in [0.5, 0.6) is 5.75 Å². The molecule has 2 saturated heterocycles. The maximum absolute atomic E-state index is 11.5. The number of rotatable bonds is 5. The number of carbonyl (C=O) groups is 1. The van der Waals surface area contributed by atoms with Gasteiger partial charge in [-0.1, -0.05) is 25.1 Å². The number of hydrogen-bond donors (Lipinski definition) is 0. The molecule has 2 heterocycles. The Morgan fingerprint density at radius 2 is 1.83 bits per heavy atom. The third-order valence-corrected chi connectivity index (χ3v) is 5.30. The highest BCUT2D eigenvalue weighted by Gasteiger charge is 2.35. The second-order valence-corrected chi connectivity index (χ2v) is 7.01. The first-order valence-electron chi connectivity index (χ1n) is 9.03. The van der Waals surface area contributed by atoms with Crippen molar-refractivity contribution < 1.29 is 9.53 Å². The Hall–Kier alpha value is -1.59. The Bertz CT molecular complexity index is 529. The third kappa shape index (κ3) is 4.28. The van der Waals surface area contributed by atoms with Crippen LogP contribution >= 0.6 is 0 Å². The average molecular weight is 331 g/mol. The van der Waals surface area contributed by atoms with E-state index in [2.05, 4.69) is 16.7 Å². The monoisotopic (exact) mass is 331 g/mol. The van der Waals surface area contributed by atoms with Gasteiger partial charge < -0.3 is 9.64 Å². The van der Waals surface area contributed by atoms with Crippen molar-refractivity contribution in [3.05, 3.63) is 30.3 Å². The number of amides is 1. The van der Waals surface area contributed by atoms with Crippen LogP contribution < -0.4 is 4.74 Å². The van der Waals surface area contributed by atoms with Gasteiger partial charge in [0.2, 0.25) is 5.91 Å². The molecule has 132 valence electrons. The zero-order chi connectivity index (χ0) is 16.9. The maximum atomic E-state index is 11.5. The highest BCUT2D eigenvalue weighted by molar-refractivity contribution is 5.73. The molecule has 2 fully saturated rings. The third-order valence-electron chi connectivity index (χ3n) is 5.30. The summed E-state index contributed by atoms with van der Waals surface area (Å²) in [5, 5.41) is 0. The number of piperazine rings is 1. The van der Waals surface area contributed by atoms with E-state index < -0.39 is 0 Å². The molecule has 0 saturated carbocycles. The van der Waals surface area contributed by atoms with Gasteiger partial charge in [-0.2, -0.15) is 0 Å². The SMILES string of the molecule is CC(=O)N1CCN(C2CN(CCOc3ccccc3)CC2C)CC1. The molecule has 5 nitrogen and oxygen atoms in total. The number of benzene rings is 1. The lowest BCUT2D eigenvalue weighted by Crippen LogP contribution is -2.53. The Morgan fingerprint density at radius 1 is 1.12 bits per heavy atom. The molecular weight excluding hydrogens is 302 g/mol. The zero-order valence-corrected chi connectivity index (χ0v) is 14.9. The summed E-state index contributed by atoms with van der Waals surface area (Å²) in [6.07, 6.45) is 0. The van der Waals surface area contributed by atoms with Crippen LogP contribution in [0.4, 0.5) is 0 Å². The lowest BCUT2D eigenvalue weighted by Gasteiger charge is -2.39. The fourth-order valence-corrected chi connectivity index (χ4v) is 3.88. The molecule has 0 aromatic heterocycles. The molecule has 2 atom stereocenters. The van der Waals surface area contributed by atoms with E-state index in [1.807, 2.05) is 35.2 Å². The van der Waals surface area contributed by atoms with Crippen molar-refractivity contribution in [2.24, 2.45) is 5.92 Å². The number of nitrogens with zero attached hydrogens (tertiary/aromatic N) is 3. The van der Waals surface area contributed by atoms with Gasteiger partial charge in [-0.3, -0.25) is 14.6 Å². The highest BCUT2D eigenvalue weighted by Crippen LogP contribution is 2.23. The van der Waals surface area contributed by atoms with Crippen LogP contribution in [0.1, 0.15) is 13.8 Å². The van der Waals surface area contributed by atoms with E-state index >= 15 is 0 Å². The quantitative estimate of drug-likeness (QED) is 0.820. The summed E-state index contributed by atoms with van der Waals surface area (Å²) >= 11 is 0. The lowest BCUT2D eigenvalue weighted by atomic mass is 10.0. The fraction of sp³-hybridized carbons (Fsp3) is 0.632. The Balaban J connectivity index is 1.42. The van der Waals surface area contributed by atoms with Crippen molar-refractivity contribution in [3.63, 3.8) is 0 Å². The summed E-state index contributed by atoms with van der Waals surface area (Å²) in [6, 6.07) is 10.6. The first kappa shape index (κ1) is 17.2. The Morgan fingerprint density at radius 3 is 2.50 bits per heavy atom. The van der Waals surface area contributed by atoms with E-state index in [0.29, 0.717) is 12.0 Å². The zero-order valence-electron chi connectivity index (χ0n) is 14.9. The Kier molecular flexibility index (Phi) is 5.74. The molecule has 2 unspecified atom stereocenters. The van der Waals surface area contributed by atoms with Crippen LogP contribution in [-0.4, -0.2) is 79.1 Å². The maximum Gasteiger partial charge on any atom is 0.219 e. The van der Waals surface area contributed by atoms with E-state index in [0.717, 1.165) is 58.2 Å². The van der Waals surface area contributed by atoms with E-state index in [4.69, 9.17) is 4.74 Å². The molecule has 24 heavy (non-hydrogen) atoms. The molecule has 1 aromatic carbocycles. The summed E-state index contributed by atoms with van der Waals surface area (Å²) in [5.74, 6) is 1.82. The van der Waals surface area contributed by atoms with Crippen molar-refractivity contribution in [2.75, 3.05) is 52.4 Å². The van der Waals surface area contributed by atoms with Gasteiger partial charge in [0.1, 0.15) is 12.4 Å². The van der Waals surface area contributed by atoms with Crippen LogP contribution in [-0.2, 0) is 4.79 Å². The normalized spacial score (nSPS) is 25.8. The van der Waals surface area contributed by atoms with Crippen LogP contribution in [0.2, 0.25) is 0 Å². The minimum atomic E-state index is 0.203. The minimum absolute atomic E-state index is 0.203. The van der Waals surface area contributed by atoms with Gasteiger partial charge in [-0.05, 0) is 18.1 Å². The molecule has 1 amide bonds. The molecule has 0 N–H and O–H groups in total. The van der Waals surface area contributed by atoms with Crippen molar-refractivity contribution in [2.45, 2.75) is 19.9 Å². The highest BCUT2D eigenvalue weighted by atomic mass is 16.5. The first-order chi connectivity index (χ1) is 11.6. The van der Waals surface area contributed by atoms with Gasteiger partial charge in [0.15, 0.2) is 0 Å². The van der Waals surface area contributed by atoms with Crippen molar-refractivity contribution >= 4 is 5.91 Å². The molecule has 2 aliphatic heterocycles. The molecule has 3 rings (SSSR count). The molecule has 0 spiro atoms. The van der Waals surface area contributed by atoms with Crippen molar-refractivity contribution in [3.8, 4) is 5.75 Å². The second-order valence-electron chi connectivity index (χ2n) is 7.01. The standard InChI is InChI=1S/C19H29N3O2/c1-16-14-20(12-13-24-18-6-4-3-5-7-18)15-19(16)22-10-8-21(9-11-22)17(2)23/h3-7,16,19H,8-15H2,1-2H3. The van der Waals surface area contributed by atoms with Crippen LogP contribution in [0.15, 0.2) is 30.3 Å². The summed E-state index contributed by atoms with van der Waals surface area (Å²) < 4.78 is 5.82. The van der Waals surface area contributed by atoms with Gasteiger partial charge in [0.25, 0.3) is 0 Å². The molecule has 0 radical (unpaired) electrons. The van der Waals surface area contributed by atoms with Gasteiger partial charge in [-0.15, -0.1) is 0 Å². The lowest BCUT2D eigenvalue weighted by molar-refractivity contribution is -0.130. The molecule has 0 bridgehead atoms. The largest absolute Gasteiger partial charge is 0.492 e. The average Bonchev–Trinajstić information content (AvgIpc) is 2.96. The summed E-state index contributed by atoms with van der Waals surface area (Å²) in [5.41, 5.74) is 0. The van der Waals surface area contributed by atoms with E-state index in [1.165, 1.54) is 0 Å². The van der Waals surface area contributed by atoms with Gasteiger partial charge >= 0.3 is 0 Å². The van der Waals surface area contributed by atoms with E-state index in [9.17, 15) is 4.79 Å². The van der Waals surface area contributed by atoms with Crippen molar-refractivity contribution in [1.29, 1.82) is 0 Å². The number of para-hydroxylation sites is 1. The predicted octanol–water partition coefficient (Wildman–Crippen LogP) is 1.55. The number of carbonyl (C=O) groups excluding carboxylic acids is 1. The number of ether oxygens (including phenoxy) is 1. The molecular formula is C19H29N3O2. The van der Waals surface area contributed by atoms with E-state index in [-0.39, 0.29) is 5.91 Å². The Labute approximate surface area is 145 Å². The summed E-state index contributed by atoms with van der Waals surface area (Å²) in [7, 11) is 0. The molecule has 1 aromatic rings.